The first-order valence-electron chi connectivity index (χ1n) is 10.1. The first-order chi connectivity index (χ1) is 13.6. The van der Waals surface area contributed by atoms with Crippen LogP contribution in [-0.4, -0.2) is 24.0 Å². The number of pyridine rings is 1. The molecule has 1 aromatic carbocycles. The molecule has 3 aromatic rings. The predicted molar refractivity (Wildman–Crippen MR) is 117 cm³/mol. The summed E-state index contributed by atoms with van der Waals surface area (Å²) in [5.41, 5.74) is 2.48. The van der Waals surface area contributed by atoms with Crippen molar-refractivity contribution >= 4 is 33.1 Å². The number of nitrogens with zero attached hydrogens (tertiary/aromatic N) is 2. The van der Waals surface area contributed by atoms with Gasteiger partial charge in [0.05, 0.1) is 0 Å². The zero-order valence-electron chi connectivity index (χ0n) is 16.6. The summed E-state index contributed by atoms with van der Waals surface area (Å²) in [7, 11) is 0. The summed E-state index contributed by atoms with van der Waals surface area (Å²) in [6.45, 7) is 6.66. The topological polar surface area (TPSA) is 45.2 Å². The Morgan fingerprint density at radius 2 is 1.89 bits per heavy atom. The van der Waals surface area contributed by atoms with Crippen molar-refractivity contribution in [2.45, 2.75) is 39.7 Å². The standard InChI is InChI=1S/C23H27N3OS/c1-3-17-4-6-18(7-5-17)15-25-23(27)19-9-12-26(13-10-19)22-20-14-16(2)28-21(20)8-11-24-22/h4-8,11,14,19H,3,9-10,12-13,15H2,1-2H3,(H,25,27). The zero-order chi connectivity index (χ0) is 19.5. The van der Waals surface area contributed by atoms with Crippen LogP contribution in [-0.2, 0) is 17.8 Å². The second kappa shape index (κ2) is 8.31. The Bertz CT molecular complexity index is 956. The average molecular weight is 394 g/mol. The first-order valence-corrected chi connectivity index (χ1v) is 10.9. The molecule has 3 heterocycles. The van der Waals surface area contributed by atoms with Gasteiger partial charge in [-0.3, -0.25) is 4.79 Å². The Kier molecular flexibility index (Phi) is 5.62. The van der Waals surface area contributed by atoms with Gasteiger partial charge in [-0.1, -0.05) is 31.2 Å². The number of hydrogen-bond acceptors (Lipinski definition) is 4. The van der Waals surface area contributed by atoms with Crippen molar-refractivity contribution in [3.8, 4) is 0 Å². The Hall–Kier alpha value is -2.40. The van der Waals surface area contributed by atoms with Crippen LogP contribution in [0.5, 0.6) is 0 Å². The van der Waals surface area contributed by atoms with Crippen LogP contribution in [0.1, 0.15) is 35.8 Å². The lowest BCUT2D eigenvalue weighted by molar-refractivity contribution is -0.125. The van der Waals surface area contributed by atoms with Gasteiger partial charge in [0.2, 0.25) is 5.91 Å². The fourth-order valence-electron chi connectivity index (χ4n) is 3.91. The number of thiophene rings is 1. The molecule has 0 aliphatic carbocycles. The molecule has 28 heavy (non-hydrogen) atoms. The fourth-order valence-corrected chi connectivity index (χ4v) is 4.82. The highest BCUT2D eigenvalue weighted by molar-refractivity contribution is 7.19. The zero-order valence-corrected chi connectivity index (χ0v) is 17.4. The number of nitrogens with one attached hydrogen (secondary N) is 1. The van der Waals surface area contributed by atoms with Crippen LogP contribution in [0, 0.1) is 12.8 Å². The Labute approximate surface area is 170 Å². The van der Waals surface area contributed by atoms with Crippen molar-refractivity contribution in [1.29, 1.82) is 0 Å². The quantitative estimate of drug-likeness (QED) is 0.683. The molecule has 1 saturated heterocycles. The van der Waals surface area contributed by atoms with Gasteiger partial charge in [-0.25, -0.2) is 4.98 Å². The van der Waals surface area contributed by atoms with Crippen molar-refractivity contribution in [3.05, 3.63) is 58.6 Å². The minimum absolute atomic E-state index is 0.0922. The number of aromatic nitrogens is 1. The van der Waals surface area contributed by atoms with Crippen LogP contribution in [0.2, 0.25) is 0 Å². The van der Waals surface area contributed by atoms with Crippen LogP contribution in [0.4, 0.5) is 5.82 Å². The molecule has 0 unspecified atom stereocenters. The summed E-state index contributed by atoms with van der Waals surface area (Å²) >= 11 is 1.81. The molecule has 0 spiro atoms. The van der Waals surface area contributed by atoms with E-state index in [1.165, 1.54) is 20.5 Å². The molecule has 0 atom stereocenters. The number of piperidine rings is 1. The minimum Gasteiger partial charge on any atom is -0.356 e. The Morgan fingerprint density at radius 3 is 2.61 bits per heavy atom. The van der Waals surface area contributed by atoms with Crippen molar-refractivity contribution < 1.29 is 4.79 Å². The monoisotopic (exact) mass is 393 g/mol. The molecule has 1 aliphatic heterocycles. The van der Waals surface area contributed by atoms with Gasteiger partial charge >= 0.3 is 0 Å². The normalized spacial score (nSPS) is 15.1. The van der Waals surface area contributed by atoms with Gasteiger partial charge in [0.25, 0.3) is 0 Å². The molecule has 1 aliphatic rings. The first kappa shape index (κ1) is 18.9. The number of carbonyl (C=O) groups is 1. The predicted octanol–water partition coefficient (Wildman–Crippen LogP) is 4.70. The lowest BCUT2D eigenvalue weighted by Crippen LogP contribution is -2.40. The van der Waals surface area contributed by atoms with Gasteiger partial charge in [-0.05, 0) is 49.4 Å². The molecule has 5 heteroatoms. The second-order valence-electron chi connectivity index (χ2n) is 7.55. The van der Waals surface area contributed by atoms with Crippen molar-refractivity contribution in [3.63, 3.8) is 0 Å². The van der Waals surface area contributed by atoms with E-state index >= 15 is 0 Å². The number of amides is 1. The number of rotatable bonds is 5. The van der Waals surface area contributed by atoms with Gasteiger partial charge in [0, 0.05) is 46.7 Å². The maximum Gasteiger partial charge on any atom is 0.223 e. The van der Waals surface area contributed by atoms with E-state index in [9.17, 15) is 4.79 Å². The highest BCUT2D eigenvalue weighted by atomic mass is 32.1. The third kappa shape index (κ3) is 4.04. The third-order valence-electron chi connectivity index (χ3n) is 5.61. The van der Waals surface area contributed by atoms with E-state index in [0.717, 1.165) is 43.7 Å². The van der Waals surface area contributed by atoms with Crippen LogP contribution in [0.15, 0.2) is 42.6 Å². The van der Waals surface area contributed by atoms with E-state index in [-0.39, 0.29) is 11.8 Å². The summed E-state index contributed by atoms with van der Waals surface area (Å²) in [5.74, 6) is 1.34. The fraction of sp³-hybridized carbons (Fsp3) is 0.391. The molecule has 1 fully saturated rings. The van der Waals surface area contributed by atoms with E-state index < -0.39 is 0 Å². The molecular weight excluding hydrogens is 366 g/mol. The summed E-state index contributed by atoms with van der Waals surface area (Å²) in [6, 6.07) is 12.8. The van der Waals surface area contributed by atoms with Crippen LogP contribution < -0.4 is 10.2 Å². The van der Waals surface area contributed by atoms with E-state index in [4.69, 9.17) is 0 Å². The van der Waals surface area contributed by atoms with Gasteiger partial charge in [0.15, 0.2) is 0 Å². The van der Waals surface area contributed by atoms with Crippen molar-refractivity contribution in [1.82, 2.24) is 10.3 Å². The molecular formula is C23H27N3OS. The van der Waals surface area contributed by atoms with Crippen LogP contribution in [0.3, 0.4) is 0 Å². The SMILES string of the molecule is CCc1ccc(CNC(=O)C2CCN(c3nccc4sc(C)cc34)CC2)cc1. The molecule has 146 valence electrons. The van der Waals surface area contributed by atoms with Gasteiger partial charge in [-0.2, -0.15) is 0 Å². The number of benzene rings is 1. The highest BCUT2D eigenvalue weighted by Crippen LogP contribution is 2.33. The third-order valence-corrected chi connectivity index (χ3v) is 6.63. The molecule has 1 N–H and O–H groups in total. The lowest BCUT2D eigenvalue weighted by Gasteiger charge is -2.32. The van der Waals surface area contributed by atoms with Crippen molar-refractivity contribution in [2.75, 3.05) is 18.0 Å². The largest absolute Gasteiger partial charge is 0.356 e. The van der Waals surface area contributed by atoms with Gasteiger partial charge in [0.1, 0.15) is 5.82 Å². The van der Waals surface area contributed by atoms with Gasteiger partial charge in [-0.15, -0.1) is 11.3 Å². The molecule has 2 aromatic heterocycles. The van der Waals surface area contributed by atoms with E-state index in [2.05, 4.69) is 65.4 Å². The minimum atomic E-state index is 0.0922. The number of aryl methyl sites for hydroxylation is 2. The highest BCUT2D eigenvalue weighted by Gasteiger charge is 2.26. The molecule has 0 saturated carbocycles. The number of fused-ring (bicyclic) bond motifs is 1. The van der Waals surface area contributed by atoms with E-state index in [1.807, 2.05) is 17.5 Å². The summed E-state index contributed by atoms with van der Waals surface area (Å²) in [5, 5.41) is 4.36. The van der Waals surface area contributed by atoms with E-state index in [0.29, 0.717) is 6.54 Å². The summed E-state index contributed by atoms with van der Waals surface area (Å²) in [6.07, 6.45) is 4.69. The summed E-state index contributed by atoms with van der Waals surface area (Å²) < 4.78 is 1.29. The number of carbonyl (C=O) groups excluding carboxylic acids is 1. The number of hydrogen-bond donors (Lipinski definition) is 1. The maximum absolute atomic E-state index is 12.6. The van der Waals surface area contributed by atoms with Crippen LogP contribution >= 0.6 is 11.3 Å². The van der Waals surface area contributed by atoms with Crippen molar-refractivity contribution in [2.24, 2.45) is 5.92 Å². The Morgan fingerprint density at radius 1 is 1.18 bits per heavy atom. The molecule has 1 amide bonds. The smallest absolute Gasteiger partial charge is 0.223 e. The number of anilines is 1. The van der Waals surface area contributed by atoms with E-state index in [1.54, 1.807) is 0 Å². The molecule has 4 nitrogen and oxygen atoms in total. The summed E-state index contributed by atoms with van der Waals surface area (Å²) in [4.78, 5) is 20.9. The molecule has 0 bridgehead atoms. The lowest BCUT2D eigenvalue weighted by atomic mass is 9.95. The van der Waals surface area contributed by atoms with Gasteiger partial charge < -0.3 is 10.2 Å². The molecule has 4 rings (SSSR count). The molecule has 0 radical (unpaired) electrons. The van der Waals surface area contributed by atoms with Crippen LogP contribution in [0.25, 0.3) is 10.1 Å². The maximum atomic E-state index is 12.6. The average Bonchev–Trinajstić information content (AvgIpc) is 3.12. The Balaban J connectivity index is 1.33. The second-order valence-corrected chi connectivity index (χ2v) is 8.84.